The van der Waals surface area contributed by atoms with Crippen molar-refractivity contribution in [3.05, 3.63) is 116 Å². The minimum atomic E-state index is -0.402. The summed E-state index contributed by atoms with van der Waals surface area (Å²) >= 11 is 0. The molecule has 9 heteroatoms. The Hall–Kier alpha value is -4.37. The SMILES string of the molecule is CN1C/C(=C\c2cccc([N+](=O)[O-])c2)C2=NN(c3ccccc3)[C@H](c3cccc([N+](=O)[O-])c3)[C@H]2C1. The molecule has 2 aliphatic rings. The van der Waals surface area contributed by atoms with Gasteiger partial charge in [0.05, 0.1) is 27.3 Å². The summed E-state index contributed by atoms with van der Waals surface area (Å²) in [7, 11) is 2.02. The Labute approximate surface area is 201 Å². The zero-order chi connectivity index (χ0) is 24.5. The first kappa shape index (κ1) is 22.4. The van der Waals surface area contributed by atoms with Crippen LogP contribution in [0.15, 0.2) is 89.5 Å². The number of anilines is 1. The van der Waals surface area contributed by atoms with E-state index < -0.39 is 4.92 Å². The van der Waals surface area contributed by atoms with Crippen molar-refractivity contribution in [1.29, 1.82) is 0 Å². The highest BCUT2D eigenvalue weighted by atomic mass is 16.6. The largest absolute Gasteiger partial charge is 0.301 e. The average Bonchev–Trinajstić information content (AvgIpc) is 3.24. The third-order valence-electron chi connectivity index (χ3n) is 6.35. The van der Waals surface area contributed by atoms with E-state index >= 15 is 0 Å². The summed E-state index contributed by atoms with van der Waals surface area (Å²) in [6.45, 7) is 1.37. The third kappa shape index (κ3) is 4.41. The normalized spacial score (nSPS) is 21.0. The molecular formula is C26H23N5O4. The van der Waals surface area contributed by atoms with Gasteiger partial charge >= 0.3 is 0 Å². The number of hydrazone groups is 1. The van der Waals surface area contributed by atoms with Crippen molar-refractivity contribution in [2.24, 2.45) is 11.0 Å². The summed E-state index contributed by atoms with van der Waals surface area (Å²) in [6, 6.07) is 22.8. The van der Waals surface area contributed by atoms with Crippen LogP contribution in [0.4, 0.5) is 17.1 Å². The first-order valence-corrected chi connectivity index (χ1v) is 11.2. The van der Waals surface area contributed by atoms with Gasteiger partial charge in [-0.05, 0) is 42.0 Å². The first-order chi connectivity index (χ1) is 16.9. The number of hydrogen-bond donors (Lipinski definition) is 0. The average molecular weight is 470 g/mol. The number of nitro groups is 2. The molecule has 0 spiro atoms. The molecule has 2 atom stereocenters. The van der Waals surface area contributed by atoms with Crippen molar-refractivity contribution in [3.8, 4) is 0 Å². The van der Waals surface area contributed by atoms with Crippen molar-refractivity contribution >= 4 is 28.8 Å². The van der Waals surface area contributed by atoms with Crippen molar-refractivity contribution < 1.29 is 9.85 Å². The van der Waals surface area contributed by atoms with Crippen LogP contribution in [0.1, 0.15) is 17.2 Å². The third-order valence-corrected chi connectivity index (χ3v) is 6.35. The zero-order valence-electron chi connectivity index (χ0n) is 19.0. The fraction of sp³-hybridized carbons (Fsp3) is 0.192. The molecule has 176 valence electrons. The van der Waals surface area contributed by atoms with Crippen LogP contribution in [-0.4, -0.2) is 40.6 Å². The lowest BCUT2D eigenvalue weighted by Gasteiger charge is -2.34. The Bertz CT molecular complexity index is 1350. The molecule has 0 saturated carbocycles. The van der Waals surface area contributed by atoms with Gasteiger partial charge in [0.2, 0.25) is 0 Å². The van der Waals surface area contributed by atoms with Crippen LogP contribution < -0.4 is 5.01 Å². The smallest absolute Gasteiger partial charge is 0.270 e. The van der Waals surface area contributed by atoms with Crippen LogP contribution in [0, 0.1) is 26.1 Å². The summed E-state index contributed by atoms with van der Waals surface area (Å²) in [5.41, 5.74) is 4.39. The number of likely N-dealkylation sites (tertiary alicyclic amines) is 1. The number of non-ortho nitro benzene ring substituents is 2. The molecule has 9 nitrogen and oxygen atoms in total. The van der Waals surface area contributed by atoms with Gasteiger partial charge in [-0.3, -0.25) is 25.2 Å². The topological polar surface area (TPSA) is 105 Å². The molecular weight excluding hydrogens is 446 g/mol. The lowest BCUT2D eigenvalue weighted by atomic mass is 9.83. The summed E-state index contributed by atoms with van der Waals surface area (Å²) in [6.07, 6.45) is 1.95. The predicted molar refractivity (Wildman–Crippen MR) is 134 cm³/mol. The van der Waals surface area contributed by atoms with Gasteiger partial charge in [0, 0.05) is 43.3 Å². The molecule has 5 rings (SSSR count). The number of benzene rings is 3. The van der Waals surface area contributed by atoms with Crippen molar-refractivity contribution in [2.45, 2.75) is 6.04 Å². The van der Waals surface area contributed by atoms with E-state index in [0.717, 1.165) is 34.6 Å². The zero-order valence-corrected chi connectivity index (χ0v) is 19.0. The number of nitrogens with zero attached hydrogens (tertiary/aromatic N) is 5. The van der Waals surface area contributed by atoms with Crippen LogP contribution in [0.5, 0.6) is 0 Å². The molecule has 0 radical (unpaired) electrons. The van der Waals surface area contributed by atoms with Crippen molar-refractivity contribution in [1.82, 2.24) is 4.90 Å². The highest BCUT2D eigenvalue weighted by Crippen LogP contribution is 2.43. The van der Waals surface area contributed by atoms with E-state index in [2.05, 4.69) is 4.90 Å². The molecule has 0 aromatic heterocycles. The molecule has 0 unspecified atom stereocenters. The Balaban J connectivity index is 1.62. The molecule has 0 aliphatic carbocycles. The molecule has 0 N–H and O–H groups in total. The lowest BCUT2D eigenvalue weighted by molar-refractivity contribution is -0.385. The second-order valence-electron chi connectivity index (χ2n) is 8.79. The summed E-state index contributed by atoms with van der Waals surface area (Å²) in [5, 5.41) is 29.7. The number of piperidine rings is 1. The van der Waals surface area contributed by atoms with E-state index in [1.807, 2.05) is 60.6 Å². The van der Waals surface area contributed by atoms with E-state index in [4.69, 9.17) is 5.10 Å². The summed E-state index contributed by atoms with van der Waals surface area (Å²) < 4.78 is 0. The second kappa shape index (κ2) is 9.11. The Morgan fingerprint density at radius 2 is 1.60 bits per heavy atom. The standard InChI is InChI=1S/C26H23N5O4/c1-28-16-20(13-18-7-5-11-22(14-18)30(32)33)25-24(17-28)26(19-8-6-12-23(15-19)31(34)35)29(27-25)21-9-3-2-4-10-21/h2-15,24,26H,16-17H2,1H3/b20-13+/t24-,26+/m0/s1. The Morgan fingerprint density at radius 1 is 0.914 bits per heavy atom. The predicted octanol–water partition coefficient (Wildman–Crippen LogP) is 5.07. The van der Waals surface area contributed by atoms with Gasteiger partial charge in [-0.25, -0.2) is 0 Å². The minimum Gasteiger partial charge on any atom is -0.301 e. The monoisotopic (exact) mass is 469 g/mol. The summed E-state index contributed by atoms with van der Waals surface area (Å²) in [4.78, 5) is 24.1. The van der Waals surface area contributed by atoms with Crippen LogP contribution in [0.2, 0.25) is 0 Å². The molecule has 0 amide bonds. The van der Waals surface area contributed by atoms with Gasteiger partial charge in [-0.2, -0.15) is 5.10 Å². The maximum atomic E-state index is 11.5. The second-order valence-corrected chi connectivity index (χ2v) is 8.79. The number of nitro benzene ring substituents is 2. The highest BCUT2D eigenvalue weighted by Gasteiger charge is 2.43. The van der Waals surface area contributed by atoms with Gasteiger partial charge in [0.15, 0.2) is 0 Å². The fourth-order valence-electron chi connectivity index (χ4n) is 4.88. The van der Waals surface area contributed by atoms with Gasteiger partial charge in [-0.15, -0.1) is 0 Å². The number of hydrogen-bond acceptors (Lipinski definition) is 7. The van der Waals surface area contributed by atoms with Crippen LogP contribution in [-0.2, 0) is 0 Å². The summed E-state index contributed by atoms with van der Waals surface area (Å²) in [5.74, 6) is -0.0408. The number of rotatable bonds is 5. The fourth-order valence-corrected chi connectivity index (χ4v) is 4.88. The molecule has 3 aromatic carbocycles. The molecule has 2 aliphatic heterocycles. The van der Waals surface area contributed by atoms with Crippen molar-refractivity contribution in [2.75, 3.05) is 25.1 Å². The number of para-hydroxylation sites is 1. The van der Waals surface area contributed by atoms with Crippen molar-refractivity contribution in [3.63, 3.8) is 0 Å². The highest BCUT2D eigenvalue weighted by molar-refractivity contribution is 6.09. The first-order valence-electron chi connectivity index (χ1n) is 11.2. The molecule has 0 bridgehead atoms. The van der Waals surface area contributed by atoms with Crippen LogP contribution in [0.3, 0.4) is 0 Å². The van der Waals surface area contributed by atoms with Gasteiger partial charge in [-0.1, -0.05) is 42.5 Å². The number of fused-ring (bicyclic) bond motifs is 1. The van der Waals surface area contributed by atoms with Gasteiger partial charge < -0.3 is 4.90 Å². The van der Waals surface area contributed by atoms with Gasteiger partial charge in [0.25, 0.3) is 11.4 Å². The lowest BCUT2D eigenvalue weighted by Crippen LogP contribution is -2.41. The van der Waals surface area contributed by atoms with E-state index in [9.17, 15) is 20.2 Å². The molecule has 2 heterocycles. The Kier molecular flexibility index (Phi) is 5.84. The Morgan fingerprint density at radius 3 is 2.31 bits per heavy atom. The molecule has 3 aromatic rings. The quantitative estimate of drug-likeness (QED) is 0.382. The molecule has 1 fully saturated rings. The van der Waals surface area contributed by atoms with E-state index in [1.54, 1.807) is 24.3 Å². The number of likely N-dealkylation sites (N-methyl/N-ethyl adjacent to an activating group) is 1. The molecule has 1 saturated heterocycles. The van der Waals surface area contributed by atoms with Crippen LogP contribution in [0.25, 0.3) is 6.08 Å². The maximum Gasteiger partial charge on any atom is 0.270 e. The molecule has 35 heavy (non-hydrogen) atoms. The van der Waals surface area contributed by atoms with E-state index in [1.165, 1.54) is 12.1 Å². The van der Waals surface area contributed by atoms with E-state index in [-0.39, 0.29) is 28.3 Å². The minimum absolute atomic E-state index is 0.0359. The maximum absolute atomic E-state index is 11.5. The van der Waals surface area contributed by atoms with E-state index in [0.29, 0.717) is 6.54 Å². The van der Waals surface area contributed by atoms with Gasteiger partial charge in [0.1, 0.15) is 0 Å². The van der Waals surface area contributed by atoms with Crippen LogP contribution >= 0.6 is 0 Å².